The Hall–Kier alpha value is 1.13. The topological polar surface area (TPSA) is 323 Å². The Labute approximate surface area is 289 Å². The van der Waals surface area contributed by atoms with Crippen LogP contribution in [0.2, 0.25) is 0 Å². The fraction of sp³-hybridized carbons (Fsp3) is 0.667. The van der Waals surface area contributed by atoms with Crippen molar-refractivity contribution in [1.29, 1.82) is 0 Å². The molecule has 5 unspecified atom stereocenters. The first-order valence-corrected chi connectivity index (χ1v) is 12.8. The van der Waals surface area contributed by atoms with E-state index in [9.17, 15) is 63.9 Å². The van der Waals surface area contributed by atoms with Crippen LogP contribution >= 0.6 is 15.6 Å². The van der Waals surface area contributed by atoms with Crippen molar-refractivity contribution >= 4 is 21.6 Å². The maximum atomic E-state index is 12.0. The van der Waals surface area contributed by atoms with Gasteiger partial charge in [0.05, 0.1) is 12.6 Å². The number of aliphatic hydroxyl groups excluding tert-OH is 5. The van der Waals surface area contributed by atoms with Crippen molar-refractivity contribution in [2.75, 3.05) is 6.61 Å². The zero-order chi connectivity index (χ0) is 27.9. The molecular formula is C15H19N2Na3O18P2. The van der Waals surface area contributed by atoms with Crippen molar-refractivity contribution in [1.82, 2.24) is 9.55 Å². The molecule has 0 radical (unpaired) electrons. The summed E-state index contributed by atoms with van der Waals surface area (Å²) in [6.45, 7) is -1.17. The molecule has 2 saturated heterocycles. The third-order valence-corrected chi connectivity index (χ3v) is 7.63. The van der Waals surface area contributed by atoms with Crippen molar-refractivity contribution < 1.29 is 166 Å². The van der Waals surface area contributed by atoms with Crippen molar-refractivity contribution in [3.8, 4) is 0 Å². The zero-order valence-electron chi connectivity index (χ0n) is 20.9. The number of carbonyl (C=O) groups excluding carboxylic acids is 1. The molecule has 11 atom stereocenters. The number of phosphoric acid groups is 2. The van der Waals surface area contributed by atoms with Gasteiger partial charge in [0.25, 0.3) is 21.2 Å². The second-order valence-electron chi connectivity index (χ2n) is 7.66. The molecule has 6 N–H and O–H groups in total. The second-order valence-corrected chi connectivity index (χ2v) is 10.6. The summed E-state index contributed by atoms with van der Waals surface area (Å²) in [5.74, 6) is -2.13. The van der Waals surface area contributed by atoms with Gasteiger partial charge < -0.3 is 59.2 Å². The number of carboxylic acid groups (broad SMARTS) is 1. The van der Waals surface area contributed by atoms with E-state index < -0.39 is 94.7 Å². The van der Waals surface area contributed by atoms with Gasteiger partial charge in [0.2, 0.25) is 0 Å². The summed E-state index contributed by atoms with van der Waals surface area (Å²) in [6, 6.07) is 0.890. The summed E-state index contributed by atoms with van der Waals surface area (Å²) >= 11 is 0. The van der Waals surface area contributed by atoms with Crippen LogP contribution in [0.4, 0.5) is 0 Å². The Morgan fingerprint density at radius 1 is 0.950 bits per heavy atom. The molecule has 2 aliphatic heterocycles. The van der Waals surface area contributed by atoms with E-state index in [0.29, 0.717) is 4.57 Å². The van der Waals surface area contributed by atoms with Crippen LogP contribution in [0.5, 0.6) is 0 Å². The van der Waals surface area contributed by atoms with E-state index in [2.05, 4.69) is 18.1 Å². The van der Waals surface area contributed by atoms with Gasteiger partial charge in [-0.1, -0.05) is 0 Å². The van der Waals surface area contributed by atoms with Crippen LogP contribution in [-0.2, 0) is 36.8 Å². The molecule has 25 heteroatoms. The van der Waals surface area contributed by atoms with Crippen molar-refractivity contribution in [2.24, 2.45) is 0 Å². The van der Waals surface area contributed by atoms with E-state index in [1.165, 1.54) is 0 Å². The smallest absolute Gasteiger partial charge is 0.756 e. The molecule has 3 rings (SSSR count). The van der Waals surface area contributed by atoms with Gasteiger partial charge in [-0.3, -0.25) is 28.0 Å². The van der Waals surface area contributed by atoms with Crippen LogP contribution < -0.4 is 115 Å². The first-order valence-electron chi connectivity index (χ1n) is 9.93. The average Bonchev–Trinajstić information content (AvgIpc) is 3.05. The third-order valence-electron chi connectivity index (χ3n) is 5.09. The average molecular weight is 646 g/mol. The fourth-order valence-electron chi connectivity index (χ4n) is 3.31. The third kappa shape index (κ3) is 10.1. The number of hydrogen-bond donors (Lipinski definition) is 6. The molecule has 0 bridgehead atoms. The molecule has 40 heavy (non-hydrogen) atoms. The number of nitrogens with one attached hydrogen (secondary N) is 1. The SMILES string of the molecule is O=C([O-])C1O[C@H](OP(=O)([O-])OP(=O)([O-])OC[C@H]2O[C@@H](n3ccc(=O)[nH]c3=O)[C@@H](O)C2O)C(O)[C@H](O)[C@@H]1O.[Na+].[Na+].[Na+]. The largest absolute Gasteiger partial charge is 1.00 e. The molecule has 0 amide bonds. The number of aliphatic hydroxyl groups is 5. The minimum Gasteiger partial charge on any atom is -0.756 e. The summed E-state index contributed by atoms with van der Waals surface area (Å²) in [6.07, 6.45) is -18.0. The number of phosphoric ester groups is 2. The van der Waals surface area contributed by atoms with E-state index in [4.69, 9.17) is 4.74 Å². The number of aromatic nitrogens is 2. The Balaban J connectivity index is 0.00000507. The molecule has 0 saturated carbocycles. The summed E-state index contributed by atoms with van der Waals surface area (Å²) < 4.78 is 46.5. The van der Waals surface area contributed by atoms with Crippen LogP contribution in [-0.4, -0.2) is 96.7 Å². The number of nitrogens with zero attached hydrogens (tertiary/aromatic N) is 1. The quantitative estimate of drug-likeness (QED) is 0.107. The van der Waals surface area contributed by atoms with Crippen LogP contribution in [0.25, 0.3) is 0 Å². The Kier molecular flexibility index (Phi) is 16.9. The van der Waals surface area contributed by atoms with Gasteiger partial charge in [0, 0.05) is 12.3 Å². The number of carbonyl (C=O) groups is 1. The van der Waals surface area contributed by atoms with E-state index in [0.717, 1.165) is 12.3 Å². The number of aromatic amines is 1. The van der Waals surface area contributed by atoms with Gasteiger partial charge in [0.15, 0.2) is 12.5 Å². The van der Waals surface area contributed by atoms with E-state index >= 15 is 0 Å². The molecule has 0 spiro atoms. The summed E-state index contributed by atoms with van der Waals surface area (Å²) in [4.78, 5) is 59.8. The van der Waals surface area contributed by atoms with Crippen LogP contribution in [0.1, 0.15) is 6.23 Å². The molecule has 2 aliphatic rings. The van der Waals surface area contributed by atoms with Crippen LogP contribution in [0.15, 0.2) is 21.9 Å². The molecule has 2 fully saturated rings. The van der Waals surface area contributed by atoms with Crippen molar-refractivity contribution in [3.63, 3.8) is 0 Å². The molecule has 3 heterocycles. The van der Waals surface area contributed by atoms with Gasteiger partial charge in [-0.2, -0.15) is 0 Å². The molecule has 1 aromatic rings. The first kappa shape index (κ1) is 41.1. The van der Waals surface area contributed by atoms with E-state index in [1.807, 2.05) is 4.98 Å². The normalized spacial score (nSPS) is 34.7. The van der Waals surface area contributed by atoms with Gasteiger partial charge in [-0.05, 0) is 0 Å². The standard InChI is InChI=1S/C15H22N2O18P2.3Na/c18-5-1-2-17(15(26)16-5)12-9(22)6(19)4(32-12)3-31-36(27,28)35-37(29,30)34-14-10(23)7(20)8(21)11(33-14)13(24)25;;;/h1-2,4,6-12,14,19-23H,3H2,(H,24,25)(H,27,28)(H,29,30)(H,16,18,26);;;/q;3*+1/p-3/t4-,6?,7-,8+,9+,10?,11?,12-,14-;;;/m1.../s1. The maximum absolute atomic E-state index is 12.0. The molecule has 0 aromatic carbocycles. The summed E-state index contributed by atoms with van der Waals surface area (Å²) in [7, 11) is -11.9. The number of ether oxygens (including phenoxy) is 2. The van der Waals surface area contributed by atoms with Crippen molar-refractivity contribution in [3.05, 3.63) is 33.1 Å². The van der Waals surface area contributed by atoms with Crippen LogP contribution in [0, 0.1) is 0 Å². The summed E-state index contributed by atoms with van der Waals surface area (Å²) in [5, 5.41) is 60.0. The van der Waals surface area contributed by atoms with Gasteiger partial charge in [-0.25, -0.2) is 9.11 Å². The van der Waals surface area contributed by atoms with Gasteiger partial charge in [0.1, 0.15) is 42.7 Å². The van der Waals surface area contributed by atoms with Crippen molar-refractivity contribution in [2.45, 2.75) is 55.2 Å². The maximum Gasteiger partial charge on any atom is 1.00 e. The predicted molar refractivity (Wildman–Crippen MR) is 102 cm³/mol. The predicted octanol–water partition coefficient (Wildman–Crippen LogP) is -16.3. The number of H-pyrrole nitrogens is 1. The minimum atomic E-state index is -6.06. The first-order chi connectivity index (χ1) is 17.0. The number of aliphatic carboxylic acids is 1. The number of rotatable bonds is 9. The molecular weight excluding hydrogens is 627 g/mol. The summed E-state index contributed by atoms with van der Waals surface area (Å²) in [5.41, 5.74) is -1.83. The van der Waals surface area contributed by atoms with Gasteiger partial charge in [-0.15, -0.1) is 0 Å². The Morgan fingerprint density at radius 2 is 1.55 bits per heavy atom. The van der Waals surface area contributed by atoms with E-state index in [1.54, 1.807) is 0 Å². The van der Waals surface area contributed by atoms with Crippen LogP contribution in [0.3, 0.4) is 0 Å². The Morgan fingerprint density at radius 3 is 2.10 bits per heavy atom. The molecule has 210 valence electrons. The molecule has 0 aliphatic carbocycles. The van der Waals surface area contributed by atoms with Gasteiger partial charge >= 0.3 is 94.4 Å². The zero-order valence-corrected chi connectivity index (χ0v) is 28.7. The molecule has 20 nitrogen and oxygen atoms in total. The minimum absolute atomic E-state index is 0. The second kappa shape index (κ2) is 16.4. The van der Waals surface area contributed by atoms with E-state index in [-0.39, 0.29) is 88.7 Å². The number of hydrogen-bond acceptors (Lipinski definition) is 18. The Bertz CT molecular complexity index is 1220. The fourth-order valence-corrected chi connectivity index (χ4v) is 5.39. The molecule has 1 aromatic heterocycles. The number of carboxylic acids is 1. The monoisotopic (exact) mass is 646 g/mol.